The van der Waals surface area contributed by atoms with Gasteiger partial charge in [0.25, 0.3) is 0 Å². The molecular weight excluding hydrogens is 747 g/mol. The van der Waals surface area contributed by atoms with Gasteiger partial charge in [0.05, 0.1) is 0 Å². The first-order chi connectivity index (χ1) is 23.2. The molecule has 2 atom stereocenters. The Morgan fingerprint density at radius 3 is 1.12 bits per heavy atom. The van der Waals surface area contributed by atoms with Gasteiger partial charge in [0.2, 0.25) is 0 Å². The fourth-order valence-corrected chi connectivity index (χ4v) is 82.8. The van der Waals surface area contributed by atoms with Crippen molar-refractivity contribution < 1.29 is 42.3 Å². The van der Waals surface area contributed by atoms with Crippen molar-refractivity contribution in [2.75, 3.05) is 0 Å². The Morgan fingerprint density at radius 1 is 0.408 bits per heavy atom. The van der Waals surface area contributed by atoms with Crippen molar-refractivity contribution in [1.29, 1.82) is 0 Å². The molecule has 10 rings (SSSR count). The minimum absolute atomic E-state index is 0. The van der Waals surface area contributed by atoms with Crippen molar-refractivity contribution in [3.05, 3.63) is 179 Å². The van der Waals surface area contributed by atoms with Crippen molar-refractivity contribution >= 4 is 43.8 Å². The number of allylic oxidation sites excluding steroid dienone is 2. The van der Waals surface area contributed by atoms with Crippen molar-refractivity contribution in [3.63, 3.8) is 0 Å². The Labute approximate surface area is 305 Å². The minimum Gasteiger partial charge on any atom is -1.00 e. The molecule has 2 aliphatic heterocycles. The van der Waals surface area contributed by atoms with Crippen LogP contribution in [0.2, 0.25) is 0 Å². The number of rotatable bonds is 4. The van der Waals surface area contributed by atoms with Gasteiger partial charge in [0, 0.05) is 0 Å². The van der Waals surface area contributed by atoms with Crippen LogP contribution >= 0.6 is 0 Å². The molecule has 2 unspecified atom stereocenters. The van der Waals surface area contributed by atoms with Crippen LogP contribution in [0, 0.1) is 0 Å². The first-order valence-corrected chi connectivity index (χ1v) is 30.1. The van der Waals surface area contributed by atoms with Crippen LogP contribution < -0.4 is 45.6 Å². The summed E-state index contributed by atoms with van der Waals surface area (Å²) in [6.07, 6.45) is 5.24. The molecule has 6 aromatic rings. The summed E-state index contributed by atoms with van der Waals surface area (Å²) in [4.78, 5) is 0. The van der Waals surface area contributed by atoms with Gasteiger partial charge < -0.3 is 24.8 Å². The van der Waals surface area contributed by atoms with Crippen LogP contribution in [0.25, 0.3) is 34.4 Å². The van der Waals surface area contributed by atoms with Gasteiger partial charge in [0.15, 0.2) is 0 Å². The van der Waals surface area contributed by atoms with E-state index in [-0.39, 0.29) is 24.8 Å². The molecule has 0 N–H and O–H groups in total. The van der Waals surface area contributed by atoms with Crippen LogP contribution in [-0.2, 0) is 17.5 Å². The maximum Gasteiger partial charge on any atom is -1.00 e. The molecule has 49 heavy (non-hydrogen) atoms. The number of benzene rings is 6. The van der Waals surface area contributed by atoms with Gasteiger partial charge in [-0.05, 0) is 0 Å². The molecule has 0 saturated carbocycles. The van der Waals surface area contributed by atoms with Gasteiger partial charge in [-0.1, -0.05) is 0 Å². The Hall–Kier alpha value is -3.30. The molecule has 6 aromatic carbocycles. The predicted octanol–water partition coefficient (Wildman–Crippen LogP) is 2.04. The predicted molar refractivity (Wildman–Crippen MR) is 199 cm³/mol. The summed E-state index contributed by atoms with van der Waals surface area (Å²) in [5, 5.41) is 7.06. The van der Waals surface area contributed by atoms with Crippen molar-refractivity contribution in [2.45, 2.75) is 21.1 Å². The summed E-state index contributed by atoms with van der Waals surface area (Å²) < 4.78 is 1.12. The van der Waals surface area contributed by atoms with E-state index < -0.39 is 28.4 Å². The van der Waals surface area contributed by atoms with E-state index in [9.17, 15) is 0 Å². The van der Waals surface area contributed by atoms with Crippen LogP contribution in [-0.4, -0.2) is 10.9 Å². The maximum absolute atomic E-state index is 3.49. The first-order valence-electron chi connectivity index (χ1n) is 16.9. The molecule has 2 heterocycles. The van der Waals surface area contributed by atoms with Crippen molar-refractivity contribution in [1.82, 2.24) is 0 Å². The first kappa shape index (κ1) is 32.9. The number of hydrogen-bond acceptors (Lipinski definition) is 0. The van der Waals surface area contributed by atoms with Gasteiger partial charge in [-0.15, -0.1) is 0 Å². The summed E-state index contributed by atoms with van der Waals surface area (Å²) in [7, 11) is 0. The van der Waals surface area contributed by atoms with Gasteiger partial charge >= 0.3 is 284 Å². The normalized spacial score (nSPS) is 17.1. The topological polar surface area (TPSA) is 0 Å². The monoisotopic (exact) mass is 778 g/mol. The second-order valence-corrected chi connectivity index (χ2v) is 44.6. The molecule has 0 aromatic heterocycles. The zero-order valence-corrected chi connectivity index (χ0v) is 33.4. The van der Waals surface area contributed by atoms with Crippen LogP contribution in [0.1, 0.15) is 43.4 Å². The quantitative estimate of drug-likeness (QED) is 0.240. The van der Waals surface area contributed by atoms with Gasteiger partial charge in [-0.25, -0.2) is 0 Å². The summed E-state index contributed by atoms with van der Waals surface area (Å²) in [5.41, 5.74) is 13.0. The molecule has 5 heteroatoms. The van der Waals surface area contributed by atoms with E-state index in [1.165, 1.54) is 33.4 Å². The van der Waals surface area contributed by atoms with Gasteiger partial charge in [-0.3, -0.25) is 0 Å². The van der Waals surface area contributed by atoms with E-state index in [4.69, 9.17) is 0 Å². The molecule has 236 valence electrons. The van der Waals surface area contributed by atoms with E-state index in [1.54, 1.807) is 43.0 Å². The molecule has 0 saturated heterocycles. The van der Waals surface area contributed by atoms with E-state index in [0.29, 0.717) is 7.25 Å². The van der Waals surface area contributed by atoms with Crippen LogP contribution in [0.4, 0.5) is 0 Å². The summed E-state index contributed by atoms with van der Waals surface area (Å²) in [6, 6.07) is 56.3. The van der Waals surface area contributed by atoms with E-state index in [1.807, 2.05) is 0 Å². The number of halogens is 2. The smallest absolute Gasteiger partial charge is 1.00 e. The molecule has 0 amide bonds. The second-order valence-electron chi connectivity index (χ2n) is 13.7. The standard InChI is InChI=1S/2C16H13.C12H8Si2.2ClH.Zr/c2*1-12-10-14-8-5-9-15(16(14)11-12)13-6-3-2-4-7-13;1-2-6-10-9(5-1)13-11-7-3-4-8-12(11)14-10;;;/h2*2-11H,1H3;1-8H;2*1H;/q;;;;;+2/p-2. The van der Waals surface area contributed by atoms with Crippen molar-refractivity contribution in [2.24, 2.45) is 0 Å². The number of hydrogen-bond donors (Lipinski definition) is 0. The average Bonchev–Trinajstić information content (AvgIpc) is 3.82. The molecule has 4 aliphatic rings. The molecule has 0 radical (unpaired) electrons. The summed E-state index contributed by atoms with van der Waals surface area (Å²) in [6.45, 7) is 5.01. The third-order valence-corrected chi connectivity index (χ3v) is 61.5. The summed E-state index contributed by atoms with van der Waals surface area (Å²) in [5.74, 6) is 0. The fourth-order valence-electron chi connectivity index (χ4n) is 9.94. The van der Waals surface area contributed by atoms with Gasteiger partial charge in [0.1, 0.15) is 0 Å². The van der Waals surface area contributed by atoms with E-state index >= 15 is 0 Å². The molecule has 0 fully saturated rings. The van der Waals surface area contributed by atoms with Crippen LogP contribution in [0.5, 0.6) is 0 Å². The largest absolute Gasteiger partial charge is 1.00 e. The Balaban J connectivity index is 0.00000174. The van der Waals surface area contributed by atoms with E-state index in [2.05, 4.69) is 172 Å². The summed E-state index contributed by atoms with van der Waals surface area (Å²) >= 11 is -3.49. The second kappa shape index (κ2) is 12.5. The van der Waals surface area contributed by atoms with E-state index in [0.717, 1.165) is 0 Å². The molecule has 0 nitrogen and oxygen atoms in total. The molecular formula is C44H34Cl2Si2Zr. The number of fused-ring (bicyclic) bond motifs is 8. The Morgan fingerprint density at radius 2 is 0.755 bits per heavy atom. The SMILES string of the molecule is CC1=Cc2c(-c3ccccc3)cccc2[CH]1[Zr+2]1([CH]2C(C)=Cc3c(-c4ccccc4)cccc32)=[Si]2c3ccccc3[Si]=1c1ccccc12.[Cl-].[Cl-]. The Kier molecular flexibility index (Phi) is 8.37. The van der Waals surface area contributed by atoms with Gasteiger partial charge in [-0.2, -0.15) is 0 Å². The molecule has 0 spiro atoms. The van der Waals surface area contributed by atoms with Crippen LogP contribution in [0.15, 0.2) is 157 Å². The average molecular weight is 781 g/mol. The third-order valence-electron chi connectivity index (χ3n) is 11.4. The minimum atomic E-state index is -3.49. The van der Waals surface area contributed by atoms with Crippen molar-refractivity contribution in [3.8, 4) is 22.3 Å². The Bertz CT molecular complexity index is 2290. The maximum atomic E-state index is 2.62. The molecule has 2 aliphatic carbocycles. The zero-order valence-electron chi connectivity index (χ0n) is 27.4. The molecule has 2 bridgehead atoms. The van der Waals surface area contributed by atoms with Crippen LogP contribution in [0.3, 0.4) is 0 Å². The fraction of sp³-hybridized carbons (Fsp3) is 0.0909. The third kappa shape index (κ3) is 4.49. The zero-order chi connectivity index (χ0) is 31.3.